The van der Waals surface area contributed by atoms with Crippen molar-refractivity contribution in [3.63, 3.8) is 0 Å². The van der Waals surface area contributed by atoms with Crippen molar-refractivity contribution in [2.24, 2.45) is 0 Å². The molecule has 2 heterocycles. The predicted molar refractivity (Wildman–Crippen MR) is 52.2 cm³/mol. The van der Waals surface area contributed by atoms with Crippen LogP contribution in [0.15, 0.2) is 11.4 Å². The van der Waals surface area contributed by atoms with Crippen LogP contribution in [0.4, 0.5) is 0 Å². The standard InChI is InChI=1S/C10H11NOS/c1-11-6-10(3-4-10)8-7(9(11)12)2-5-13-8/h2,5H,3-4,6H2,1H3. The van der Waals surface area contributed by atoms with E-state index >= 15 is 0 Å². The molecule has 1 fully saturated rings. The van der Waals surface area contributed by atoms with Gasteiger partial charge in [-0.25, -0.2) is 0 Å². The minimum atomic E-state index is 0.203. The molecule has 0 bridgehead atoms. The molecule has 2 nitrogen and oxygen atoms in total. The van der Waals surface area contributed by atoms with Gasteiger partial charge in [0.25, 0.3) is 5.91 Å². The molecule has 3 rings (SSSR count). The van der Waals surface area contributed by atoms with E-state index in [1.165, 1.54) is 17.7 Å². The van der Waals surface area contributed by atoms with Crippen LogP contribution in [-0.2, 0) is 5.41 Å². The monoisotopic (exact) mass is 193 g/mol. The average molecular weight is 193 g/mol. The van der Waals surface area contributed by atoms with Crippen molar-refractivity contribution in [2.45, 2.75) is 18.3 Å². The third-order valence-corrected chi connectivity index (χ3v) is 4.28. The third-order valence-electron chi connectivity index (χ3n) is 3.12. The summed E-state index contributed by atoms with van der Waals surface area (Å²) in [6.45, 7) is 0.930. The molecule has 0 radical (unpaired) electrons. The van der Waals surface area contributed by atoms with E-state index in [0.29, 0.717) is 5.41 Å². The van der Waals surface area contributed by atoms with Gasteiger partial charge in [0.1, 0.15) is 0 Å². The molecular formula is C10H11NOS. The zero-order valence-electron chi connectivity index (χ0n) is 7.54. The highest BCUT2D eigenvalue weighted by Crippen LogP contribution is 2.53. The van der Waals surface area contributed by atoms with Crippen LogP contribution in [0.3, 0.4) is 0 Å². The Hall–Kier alpha value is -0.830. The molecule has 1 aromatic rings. The number of thiophene rings is 1. The number of nitrogens with zero attached hydrogens (tertiary/aromatic N) is 1. The normalized spacial score (nSPS) is 23.5. The average Bonchev–Trinajstić information content (AvgIpc) is 2.69. The number of hydrogen-bond donors (Lipinski definition) is 0. The first-order valence-electron chi connectivity index (χ1n) is 4.56. The Kier molecular flexibility index (Phi) is 1.25. The van der Waals surface area contributed by atoms with E-state index in [9.17, 15) is 4.79 Å². The van der Waals surface area contributed by atoms with Crippen LogP contribution < -0.4 is 0 Å². The van der Waals surface area contributed by atoms with E-state index in [2.05, 4.69) is 0 Å². The second kappa shape index (κ2) is 2.15. The molecule has 1 aliphatic heterocycles. The Morgan fingerprint density at radius 3 is 3.00 bits per heavy atom. The van der Waals surface area contributed by atoms with Crippen LogP contribution >= 0.6 is 11.3 Å². The SMILES string of the molecule is CN1CC2(CC2)c2sccc2C1=O. The minimum absolute atomic E-state index is 0.203. The first-order chi connectivity index (χ1) is 6.23. The molecular weight excluding hydrogens is 182 g/mol. The highest BCUT2D eigenvalue weighted by Gasteiger charge is 2.51. The lowest BCUT2D eigenvalue weighted by Gasteiger charge is -2.29. The highest BCUT2D eigenvalue weighted by molar-refractivity contribution is 7.10. The molecule has 0 N–H and O–H groups in total. The zero-order valence-corrected chi connectivity index (χ0v) is 8.36. The van der Waals surface area contributed by atoms with E-state index in [-0.39, 0.29) is 5.91 Å². The lowest BCUT2D eigenvalue weighted by atomic mass is 9.96. The number of carbonyl (C=O) groups excluding carboxylic acids is 1. The summed E-state index contributed by atoms with van der Waals surface area (Å²) in [7, 11) is 1.91. The van der Waals surface area contributed by atoms with Crippen LogP contribution in [0, 0.1) is 0 Å². The van der Waals surface area contributed by atoms with Crippen molar-refractivity contribution in [1.82, 2.24) is 4.90 Å². The number of hydrogen-bond acceptors (Lipinski definition) is 2. The molecule has 1 saturated carbocycles. The van der Waals surface area contributed by atoms with E-state index in [1.807, 2.05) is 23.4 Å². The molecule has 1 aromatic heterocycles. The van der Waals surface area contributed by atoms with Gasteiger partial charge >= 0.3 is 0 Å². The van der Waals surface area contributed by atoms with Crippen LogP contribution in [0.25, 0.3) is 0 Å². The van der Waals surface area contributed by atoms with Crippen LogP contribution in [0.1, 0.15) is 28.1 Å². The van der Waals surface area contributed by atoms with Crippen molar-refractivity contribution in [1.29, 1.82) is 0 Å². The number of fused-ring (bicyclic) bond motifs is 2. The topological polar surface area (TPSA) is 20.3 Å². The summed E-state index contributed by atoms with van der Waals surface area (Å²) >= 11 is 1.75. The fourth-order valence-electron chi connectivity index (χ4n) is 2.23. The molecule has 1 spiro atoms. The van der Waals surface area contributed by atoms with Crippen LogP contribution in [-0.4, -0.2) is 24.4 Å². The van der Waals surface area contributed by atoms with Crippen molar-refractivity contribution in [2.75, 3.05) is 13.6 Å². The summed E-state index contributed by atoms with van der Waals surface area (Å²) in [4.78, 5) is 14.9. The molecule has 0 unspecified atom stereocenters. The number of carbonyl (C=O) groups is 1. The molecule has 0 aromatic carbocycles. The maximum Gasteiger partial charge on any atom is 0.254 e. The summed E-state index contributed by atoms with van der Waals surface area (Å²) in [6, 6.07) is 1.97. The van der Waals surface area contributed by atoms with E-state index in [1.54, 1.807) is 11.3 Å². The Balaban J connectivity index is 2.19. The summed E-state index contributed by atoms with van der Waals surface area (Å²) < 4.78 is 0. The van der Waals surface area contributed by atoms with Gasteiger partial charge in [0.2, 0.25) is 0 Å². The Morgan fingerprint density at radius 2 is 2.31 bits per heavy atom. The smallest absolute Gasteiger partial charge is 0.254 e. The highest BCUT2D eigenvalue weighted by atomic mass is 32.1. The van der Waals surface area contributed by atoms with Crippen LogP contribution in [0.5, 0.6) is 0 Å². The van der Waals surface area contributed by atoms with Gasteiger partial charge in [-0.05, 0) is 24.3 Å². The molecule has 0 atom stereocenters. The van der Waals surface area contributed by atoms with E-state index < -0.39 is 0 Å². The van der Waals surface area contributed by atoms with Gasteiger partial charge in [-0.1, -0.05) is 0 Å². The minimum Gasteiger partial charge on any atom is -0.341 e. The maximum absolute atomic E-state index is 11.7. The molecule has 1 amide bonds. The van der Waals surface area contributed by atoms with Crippen molar-refractivity contribution in [3.05, 3.63) is 21.9 Å². The third kappa shape index (κ3) is 0.854. The van der Waals surface area contributed by atoms with Crippen LogP contribution in [0.2, 0.25) is 0 Å². The zero-order chi connectivity index (χ0) is 9.05. The first-order valence-corrected chi connectivity index (χ1v) is 5.44. The van der Waals surface area contributed by atoms with Crippen molar-refractivity contribution >= 4 is 17.2 Å². The van der Waals surface area contributed by atoms with Crippen molar-refractivity contribution < 1.29 is 4.79 Å². The van der Waals surface area contributed by atoms with Crippen molar-refractivity contribution in [3.8, 4) is 0 Å². The lowest BCUT2D eigenvalue weighted by molar-refractivity contribution is 0.0760. The van der Waals surface area contributed by atoms with E-state index in [4.69, 9.17) is 0 Å². The summed E-state index contributed by atoms with van der Waals surface area (Å²) in [5, 5.41) is 2.04. The number of amides is 1. The van der Waals surface area contributed by atoms with Gasteiger partial charge in [-0.15, -0.1) is 11.3 Å². The molecule has 3 heteroatoms. The summed E-state index contributed by atoms with van der Waals surface area (Å²) in [5.74, 6) is 0.203. The fourth-order valence-corrected chi connectivity index (χ4v) is 3.37. The van der Waals surface area contributed by atoms with Gasteiger partial charge < -0.3 is 4.90 Å². The van der Waals surface area contributed by atoms with E-state index in [0.717, 1.165) is 12.1 Å². The first kappa shape index (κ1) is 7.56. The van der Waals surface area contributed by atoms with Gasteiger partial charge in [0.05, 0.1) is 5.56 Å². The Labute approximate surface area is 81.2 Å². The number of rotatable bonds is 0. The fraction of sp³-hybridized carbons (Fsp3) is 0.500. The molecule has 1 aliphatic carbocycles. The quantitative estimate of drug-likeness (QED) is 0.616. The second-order valence-electron chi connectivity index (χ2n) is 4.10. The molecule has 0 saturated heterocycles. The molecule has 13 heavy (non-hydrogen) atoms. The molecule has 2 aliphatic rings. The molecule has 68 valence electrons. The van der Waals surface area contributed by atoms with Gasteiger partial charge in [-0.3, -0.25) is 4.79 Å². The lowest BCUT2D eigenvalue weighted by Crippen LogP contribution is -2.39. The largest absolute Gasteiger partial charge is 0.341 e. The van der Waals surface area contributed by atoms with Gasteiger partial charge in [-0.2, -0.15) is 0 Å². The maximum atomic E-state index is 11.7. The van der Waals surface area contributed by atoms with Gasteiger partial charge in [0.15, 0.2) is 0 Å². The summed E-state index contributed by atoms with van der Waals surface area (Å²) in [6.07, 6.45) is 2.52. The summed E-state index contributed by atoms with van der Waals surface area (Å²) in [5.41, 5.74) is 1.32. The van der Waals surface area contributed by atoms with Gasteiger partial charge in [0, 0.05) is 23.9 Å². The second-order valence-corrected chi connectivity index (χ2v) is 5.02. The Morgan fingerprint density at radius 1 is 1.54 bits per heavy atom. The Bertz CT molecular complexity index is 378. The predicted octanol–water partition coefficient (Wildman–Crippen LogP) is 1.87. The number of likely N-dealkylation sites (N-methyl/N-ethyl adjacent to an activating group) is 1.